The molecule has 0 saturated carbocycles. The van der Waals surface area contributed by atoms with Crippen molar-refractivity contribution < 1.29 is 0 Å². The summed E-state index contributed by atoms with van der Waals surface area (Å²) in [6, 6.07) is 7.73. The molecule has 1 N–H and O–H groups in total. The molecule has 3 rings (SSSR count). The SMILES string of the molecule is CCCCCSc1n[nH]c(-n2[se]c3ccccc3c2=O)n1. The monoisotopic (exact) mass is 368 g/mol. The quantitative estimate of drug-likeness (QED) is 0.413. The normalized spacial score (nSPS) is 11.3. The molecule has 0 radical (unpaired) electrons. The Morgan fingerprint density at radius 2 is 2.19 bits per heavy atom. The number of nitrogens with one attached hydrogen (secondary N) is 1. The van der Waals surface area contributed by atoms with Crippen LogP contribution in [0.25, 0.3) is 15.6 Å². The molecule has 2 heterocycles. The van der Waals surface area contributed by atoms with Crippen LogP contribution in [0, 0.1) is 0 Å². The van der Waals surface area contributed by atoms with Gasteiger partial charge in [-0.2, -0.15) is 0 Å². The van der Waals surface area contributed by atoms with Crippen molar-refractivity contribution in [1.29, 1.82) is 0 Å². The van der Waals surface area contributed by atoms with E-state index >= 15 is 0 Å². The number of aromatic amines is 1. The number of H-pyrrole nitrogens is 1. The van der Waals surface area contributed by atoms with Crippen LogP contribution in [0.3, 0.4) is 0 Å². The van der Waals surface area contributed by atoms with Crippen molar-refractivity contribution in [2.45, 2.75) is 31.3 Å². The molecule has 0 fully saturated rings. The number of hydrogen-bond acceptors (Lipinski definition) is 4. The number of aromatic nitrogens is 4. The first-order valence-electron chi connectivity index (χ1n) is 6.96. The van der Waals surface area contributed by atoms with Crippen LogP contribution >= 0.6 is 11.8 Å². The van der Waals surface area contributed by atoms with E-state index in [1.807, 2.05) is 24.3 Å². The predicted octanol–water partition coefficient (Wildman–Crippen LogP) is 2.45. The molecule has 1 aromatic carbocycles. The number of hydrogen-bond donors (Lipinski definition) is 1. The summed E-state index contributed by atoms with van der Waals surface area (Å²) < 4.78 is 2.81. The third kappa shape index (κ3) is 3.15. The molecule has 0 aliphatic carbocycles. The van der Waals surface area contributed by atoms with Crippen molar-refractivity contribution in [2.75, 3.05) is 5.75 Å². The van der Waals surface area contributed by atoms with Crippen molar-refractivity contribution in [3.63, 3.8) is 0 Å². The maximum atomic E-state index is 12.4. The Kier molecular flexibility index (Phi) is 4.63. The van der Waals surface area contributed by atoms with Gasteiger partial charge in [0, 0.05) is 0 Å². The summed E-state index contributed by atoms with van der Waals surface area (Å²) in [5.74, 6) is 1.58. The van der Waals surface area contributed by atoms with Gasteiger partial charge in [-0.25, -0.2) is 0 Å². The van der Waals surface area contributed by atoms with Gasteiger partial charge in [0.1, 0.15) is 0 Å². The molecule has 0 bridgehead atoms. The second kappa shape index (κ2) is 6.64. The number of unbranched alkanes of at least 4 members (excludes halogenated alkanes) is 2. The van der Waals surface area contributed by atoms with Gasteiger partial charge in [-0.15, -0.1) is 0 Å². The fourth-order valence-electron chi connectivity index (χ4n) is 2.02. The van der Waals surface area contributed by atoms with Crippen LogP contribution in [0.1, 0.15) is 26.2 Å². The van der Waals surface area contributed by atoms with Gasteiger partial charge in [-0.05, 0) is 0 Å². The van der Waals surface area contributed by atoms with E-state index in [4.69, 9.17) is 0 Å². The van der Waals surface area contributed by atoms with E-state index in [-0.39, 0.29) is 20.3 Å². The van der Waals surface area contributed by atoms with Crippen LogP contribution in [0.5, 0.6) is 0 Å². The Balaban J connectivity index is 1.81. The molecular weight excluding hydrogens is 351 g/mol. The molecule has 110 valence electrons. The zero-order valence-corrected chi connectivity index (χ0v) is 14.2. The second-order valence-electron chi connectivity index (χ2n) is 4.68. The zero-order valence-electron chi connectivity index (χ0n) is 11.7. The molecule has 5 nitrogen and oxygen atoms in total. The van der Waals surface area contributed by atoms with Crippen molar-refractivity contribution in [3.8, 4) is 5.95 Å². The second-order valence-corrected chi connectivity index (χ2v) is 7.82. The molecule has 0 unspecified atom stereocenters. The van der Waals surface area contributed by atoms with Crippen LogP contribution in [0.2, 0.25) is 0 Å². The van der Waals surface area contributed by atoms with Gasteiger partial charge >= 0.3 is 133 Å². The molecule has 21 heavy (non-hydrogen) atoms. The Morgan fingerprint density at radius 1 is 1.33 bits per heavy atom. The third-order valence-electron chi connectivity index (χ3n) is 3.12. The van der Waals surface area contributed by atoms with Crippen LogP contribution in [0.15, 0.2) is 34.2 Å². The van der Waals surface area contributed by atoms with Gasteiger partial charge in [0.15, 0.2) is 0 Å². The van der Waals surface area contributed by atoms with Crippen LogP contribution in [0.4, 0.5) is 0 Å². The minimum absolute atomic E-state index is 0.0179. The Bertz CT molecular complexity index is 791. The number of nitrogens with zero attached hydrogens (tertiary/aromatic N) is 3. The van der Waals surface area contributed by atoms with E-state index in [0.29, 0.717) is 5.95 Å². The van der Waals surface area contributed by atoms with Crippen molar-refractivity contribution >= 4 is 36.1 Å². The number of thioether (sulfide) groups is 1. The zero-order chi connectivity index (χ0) is 14.7. The van der Waals surface area contributed by atoms with Gasteiger partial charge in [-0.3, -0.25) is 0 Å². The van der Waals surface area contributed by atoms with Crippen LogP contribution in [-0.2, 0) is 0 Å². The summed E-state index contributed by atoms with van der Waals surface area (Å²) in [6.07, 6.45) is 3.61. The van der Waals surface area contributed by atoms with Gasteiger partial charge in [0.2, 0.25) is 0 Å². The summed E-state index contributed by atoms with van der Waals surface area (Å²) in [4.78, 5) is 16.8. The minimum atomic E-state index is -0.0582. The van der Waals surface area contributed by atoms with E-state index in [0.717, 1.165) is 20.6 Å². The first-order chi connectivity index (χ1) is 10.3. The summed E-state index contributed by atoms with van der Waals surface area (Å²) in [5, 5.41) is 8.60. The number of rotatable bonds is 6. The molecule has 0 aliphatic heterocycles. The molecule has 0 amide bonds. The average Bonchev–Trinajstić information content (AvgIpc) is 3.09. The average molecular weight is 367 g/mol. The van der Waals surface area contributed by atoms with E-state index in [2.05, 4.69) is 22.1 Å². The van der Waals surface area contributed by atoms with E-state index in [1.165, 1.54) is 19.3 Å². The Labute approximate surface area is 132 Å². The van der Waals surface area contributed by atoms with Gasteiger partial charge in [0.25, 0.3) is 0 Å². The molecule has 0 atom stereocenters. The fourth-order valence-corrected chi connectivity index (χ4v) is 4.78. The molecule has 0 saturated heterocycles. The fraction of sp³-hybridized carbons (Fsp3) is 0.357. The summed E-state index contributed by atoms with van der Waals surface area (Å²) in [7, 11) is 0. The molecule has 7 heteroatoms. The first-order valence-corrected chi connectivity index (χ1v) is 9.57. The summed E-state index contributed by atoms with van der Waals surface area (Å²) >= 11 is 1.58. The molecular formula is C14H16N4OSSe. The van der Waals surface area contributed by atoms with E-state index in [1.54, 1.807) is 15.3 Å². The van der Waals surface area contributed by atoms with E-state index < -0.39 is 0 Å². The molecule has 0 aliphatic rings. The van der Waals surface area contributed by atoms with Gasteiger partial charge < -0.3 is 0 Å². The van der Waals surface area contributed by atoms with Crippen molar-refractivity contribution in [2.24, 2.45) is 0 Å². The third-order valence-corrected chi connectivity index (χ3v) is 6.30. The van der Waals surface area contributed by atoms with Gasteiger partial charge in [-0.1, -0.05) is 0 Å². The standard InChI is InChI=1S/C14H16N4OSSe/c1-2-3-6-9-20-14-15-13(16-17-14)18-12(19)10-7-4-5-8-11(10)21-18/h4-5,7-8H,2-3,6,9H2,1H3,(H,15,16,17). The van der Waals surface area contributed by atoms with Gasteiger partial charge in [0.05, 0.1) is 0 Å². The Morgan fingerprint density at radius 3 is 3.00 bits per heavy atom. The summed E-state index contributed by atoms with van der Waals surface area (Å²) in [6.45, 7) is 2.19. The topological polar surface area (TPSA) is 63.6 Å². The molecule has 0 spiro atoms. The van der Waals surface area contributed by atoms with Crippen molar-refractivity contribution in [1.82, 2.24) is 18.7 Å². The maximum absolute atomic E-state index is 12.4. The number of fused-ring (bicyclic) bond motifs is 1. The van der Waals surface area contributed by atoms with E-state index in [9.17, 15) is 4.79 Å². The molecule has 2 aromatic heterocycles. The van der Waals surface area contributed by atoms with Crippen molar-refractivity contribution in [3.05, 3.63) is 34.6 Å². The summed E-state index contributed by atoms with van der Waals surface area (Å²) in [5.41, 5.74) is 0.0179. The van der Waals surface area contributed by atoms with Crippen LogP contribution in [-0.4, -0.2) is 39.2 Å². The number of benzene rings is 1. The predicted molar refractivity (Wildman–Crippen MR) is 86.7 cm³/mol. The first kappa shape index (κ1) is 14.6. The Hall–Kier alpha value is -1.30. The van der Waals surface area contributed by atoms with Crippen LogP contribution < -0.4 is 5.56 Å². The molecule has 3 aromatic rings.